The van der Waals surface area contributed by atoms with Crippen LogP contribution in [0, 0.1) is 10.1 Å². The molecule has 1 saturated heterocycles. The maximum Gasteiger partial charge on any atom is 0.433 e. The summed E-state index contributed by atoms with van der Waals surface area (Å²) in [6.07, 6.45) is 3.58. The molecule has 1 aromatic heterocycles. The summed E-state index contributed by atoms with van der Waals surface area (Å²) in [6, 6.07) is 2.69. The van der Waals surface area contributed by atoms with Gasteiger partial charge in [-0.1, -0.05) is 0 Å². The van der Waals surface area contributed by atoms with E-state index in [1.807, 2.05) is 0 Å². The van der Waals surface area contributed by atoms with E-state index in [4.69, 9.17) is 9.15 Å². The highest BCUT2D eigenvalue weighted by Crippen LogP contribution is 2.16. The van der Waals surface area contributed by atoms with Crippen molar-refractivity contribution < 1.29 is 18.9 Å². The number of nitro groups is 1. The highest BCUT2D eigenvalue weighted by Gasteiger charge is 2.10. The summed E-state index contributed by atoms with van der Waals surface area (Å²) in [5.74, 6) is -0.318. The Bertz CT molecular complexity index is 534. The molecule has 22 heavy (non-hydrogen) atoms. The molecule has 8 heteroatoms. The molecule has 1 amide bonds. The molecule has 0 saturated carbocycles. The van der Waals surface area contributed by atoms with Crippen molar-refractivity contribution in [1.82, 2.24) is 10.2 Å². The molecular formula is C14H19N3O5. The van der Waals surface area contributed by atoms with Gasteiger partial charge in [0, 0.05) is 25.7 Å². The van der Waals surface area contributed by atoms with E-state index in [-0.39, 0.29) is 17.6 Å². The molecule has 2 rings (SSSR count). The first-order valence-corrected chi connectivity index (χ1v) is 7.15. The second kappa shape index (κ2) is 8.30. The number of morpholine rings is 1. The van der Waals surface area contributed by atoms with Crippen LogP contribution in [0.15, 0.2) is 22.6 Å². The molecule has 8 nitrogen and oxygen atoms in total. The molecule has 0 aromatic carbocycles. The van der Waals surface area contributed by atoms with Crippen LogP contribution in [-0.4, -0.2) is 55.1 Å². The molecule has 2 heterocycles. The Morgan fingerprint density at radius 2 is 2.18 bits per heavy atom. The van der Waals surface area contributed by atoms with Gasteiger partial charge in [0.2, 0.25) is 5.91 Å². The van der Waals surface area contributed by atoms with Crippen LogP contribution in [0.2, 0.25) is 0 Å². The van der Waals surface area contributed by atoms with Crippen molar-refractivity contribution in [2.75, 3.05) is 39.4 Å². The SMILES string of the molecule is O=C(/C=C/c1ccc([N+](=O)[O-])o1)NCCCN1CCOCC1. The molecule has 0 atom stereocenters. The van der Waals surface area contributed by atoms with Crippen LogP contribution in [0.3, 0.4) is 0 Å². The van der Waals surface area contributed by atoms with Gasteiger partial charge < -0.3 is 14.5 Å². The number of nitrogens with one attached hydrogen (secondary N) is 1. The van der Waals surface area contributed by atoms with Crippen LogP contribution in [0.4, 0.5) is 5.88 Å². The van der Waals surface area contributed by atoms with Gasteiger partial charge in [0.15, 0.2) is 0 Å². The van der Waals surface area contributed by atoms with Crippen molar-refractivity contribution in [1.29, 1.82) is 0 Å². The quantitative estimate of drug-likeness (QED) is 0.350. The number of hydrogen-bond donors (Lipinski definition) is 1. The zero-order chi connectivity index (χ0) is 15.8. The summed E-state index contributed by atoms with van der Waals surface area (Å²) in [4.78, 5) is 23.7. The fourth-order valence-electron chi connectivity index (χ4n) is 2.09. The minimum atomic E-state index is -0.622. The monoisotopic (exact) mass is 309 g/mol. The van der Waals surface area contributed by atoms with Crippen molar-refractivity contribution in [3.05, 3.63) is 34.1 Å². The molecule has 1 fully saturated rings. The molecule has 0 aliphatic carbocycles. The van der Waals surface area contributed by atoms with Crippen molar-refractivity contribution >= 4 is 17.9 Å². The largest absolute Gasteiger partial charge is 0.433 e. The number of nitrogens with zero attached hydrogens (tertiary/aromatic N) is 2. The van der Waals surface area contributed by atoms with Gasteiger partial charge in [-0.3, -0.25) is 19.8 Å². The number of ether oxygens (including phenoxy) is 1. The molecule has 120 valence electrons. The summed E-state index contributed by atoms with van der Waals surface area (Å²) >= 11 is 0. The second-order valence-corrected chi connectivity index (χ2v) is 4.87. The normalized spacial score (nSPS) is 16.0. The third kappa shape index (κ3) is 5.30. The van der Waals surface area contributed by atoms with Crippen LogP contribution in [0.5, 0.6) is 0 Å². The molecule has 1 N–H and O–H groups in total. The molecule has 0 unspecified atom stereocenters. The third-order valence-electron chi connectivity index (χ3n) is 3.25. The fraction of sp³-hybridized carbons (Fsp3) is 0.500. The Balaban J connectivity index is 1.64. The van der Waals surface area contributed by atoms with Crippen molar-refractivity contribution in [3.63, 3.8) is 0 Å². The average molecular weight is 309 g/mol. The van der Waals surface area contributed by atoms with E-state index >= 15 is 0 Å². The molecule has 0 radical (unpaired) electrons. The summed E-state index contributed by atoms with van der Waals surface area (Å²) < 4.78 is 10.2. The van der Waals surface area contributed by atoms with Gasteiger partial charge in [-0.05, 0) is 25.1 Å². The van der Waals surface area contributed by atoms with Gasteiger partial charge in [-0.2, -0.15) is 0 Å². The molecular weight excluding hydrogens is 290 g/mol. The zero-order valence-corrected chi connectivity index (χ0v) is 12.2. The lowest BCUT2D eigenvalue weighted by atomic mass is 10.3. The number of hydrogen-bond acceptors (Lipinski definition) is 6. The lowest BCUT2D eigenvalue weighted by Gasteiger charge is -2.26. The fourth-order valence-corrected chi connectivity index (χ4v) is 2.09. The van der Waals surface area contributed by atoms with Gasteiger partial charge in [0.25, 0.3) is 0 Å². The van der Waals surface area contributed by atoms with E-state index in [0.29, 0.717) is 6.54 Å². The van der Waals surface area contributed by atoms with Gasteiger partial charge in [0.05, 0.1) is 19.3 Å². The van der Waals surface area contributed by atoms with E-state index in [2.05, 4.69) is 10.2 Å². The average Bonchev–Trinajstić information content (AvgIpc) is 3.00. The number of amides is 1. The van der Waals surface area contributed by atoms with Crippen molar-refractivity contribution in [2.45, 2.75) is 6.42 Å². The number of furan rings is 1. The lowest BCUT2D eigenvalue weighted by molar-refractivity contribution is -0.402. The topological polar surface area (TPSA) is 97.8 Å². The molecule has 1 aromatic rings. The first-order chi connectivity index (χ1) is 10.6. The number of carbonyl (C=O) groups excluding carboxylic acids is 1. The van der Waals surface area contributed by atoms with Gasteiger partial charge in [-0.25, -0.2) is 0 Å². The van der Waals surface area contributed by atoms with Crippen LogP contribution in [-0.2, 0) is 9.53 Å². The maximum absolute atomic E-state index is 11.6. The first kappa shape index (κ1) is 16.2. The molecule has 1 aliphatic rings. The molecule has 0 bridgehead atoms. The van der Waals surface area contributed by atoms with E-state index in [1.165, 1.54) is 24.3 Å². The second-order valence-electron chi connectivity index (χ2n) is 4.87. The Labute approximate surface area is 127 Å². The molecule has 1 aliphatic heterocycles. The summed E-state index contributed by atoms with van der Waals surface area (Å²) in [6.45, 7) is 4.92. The van der Waals surface area contributed by atoms with E-state index in [9.17, 15) is 14.9 Å². The minimum absolute atomic E-state index is 0.249. The maximum atomic E-state index is 11.6. The van der Waals surface area contributed by atoms with E-state index in [1.54, 1.807) is 0 Å². The lowest BCUT2D eigenvalue weighted by Crippen LogP contribution is -2.38. The van der Waals surface area contributed by atoms with Crippen LogP contribution in [0.25, 0.3) is 6.08 Å². The van der Waals surface area contributed by atoms with E-state index in [0.717, 1.165) is 39.3 Å². The van der Waals surface area contributed by atoms with Crippen molar-refractivity contribution in [2.24, 2.45) is 0 Å². The number of carbonyl (C=O) groups is 1. The van der Waals surface area contributed by atoms with E-state index < -0.39 is 4.92 Å². The summed E-state index contributed by atoms with van der Waals surface area (Å²) in [7, 11) is 0. The number of rotatable bonds is 7. The van der Waals surface area contributed by atoms with Crippen LogP contribution >= 0.6 is 0 Å². The third-order valence-corrected chi connectivity index (χ3v) is 3.25. The van der Waals surface area contributed by atoms with Gasteiger partial charge in [-0.15, -0.1) is 0 Å². The predicted octanol–water partition coefficient (Wildman–Crippen LogP) is 1.04. The minimum Gasteiger partial charge on any atom is -0.401 e. The predicted molar refractivity (Wildman–Crippen MR) is 79.3 cm³/mol. The summed E-state index contributed by atoms with van der Waals surface area (Å²) in [5, 5.41) is 13.2. The Morgan fingerprint density at radius 1 is 1.41 bits per heavy atom. The zero-order valence-electron chi connectivity index (χ0n) is 12.2. The smallest absolute Gasteiger partial charge is 0.401 e. The highest BCUT2D eigenvalue weighted by atomic mass is 16.6. The van der Waals surface area contributed by atoms with Crippen LogP contribution < -0.4 is 5.32 Å². The van der Waals surface area contributed by atoms with Gasteiger partial charge >= 0.3 is 5.88 Å². The Hall–Kier alpha value is -2.19. The Morgan fingerprint density at radius 3 is 2.86 bits per heavy atom. The highest BCUT2D eigenvalue weighted by molar-refractivity contribution is 5.91. The van der Waals surface area contributed by atoms with Crippen LogP contribution in [0.1, 0.15) is 12.2 Å². The Kier molecular flexibility index (Phi) is 6.11. The van der Waals surface area contributed by atoms with Gasteiger partial charge in [0.1, 0.15) is 10.7 Å². The first-order valence-electron chi connectivity index (χ1n) is 7.15. The van der Waals surface area contributed by atoms with Crippen molar-refractivity contribution in [3.8, 4) is 0 Å². The summed E-state index contributed by atoms with van der Waals surface area (Å²) in [5.41, 5.74) is 0. The standard InChI is InChI=1S/C14H19N3O5/c18-13(4-2-12-3-5-14(22-12)17(19)20)15-6-1-7-16-8-10-21-11-9-16/h2-5H,1,6-11H2,(H,15,18)/b4-2+. The molecule has 0 spiro atoms.